The molecule has 2 aromatic rings. The van der Waals surface area contributed by atoms with E-state index in [-0.39, 0.29) is 54.5 Å². The van der Waals surface area contributed by atoms with Gasteiger partial charge in [0.05, 0.1) is 26.3 Å². The Balaban J connectivity index is 0. The molecule has 8 nitrogen and oxygen atoms in total. The van der Waals surface area contributed by atoms with E-state index in [1.165, 1.54) is 12.1 Å². The first kappa shape index (κ1) is 32.2. The van der Waals surface area contributed by atoms with Crippen LogP contribution >= 0.6 is 0 Å². The zero-order valence-corrected chi connectivity index (χ0v) is 19.9. The van der Waals surface area contributed by atoms with Crippen molar-refractivity contribution in [2.45, 2.75) is 0 Å². The largest absolute Gasteiger partial charge is 5.00 e. The number of hydrogen-bond acceptors (Lipinski definition) is 8. The SMILES string of the molecule is [Cl-].[Cr+5].[O-]c1ccccc1C=NCCNCCO.[O-]c1ccccc1C=NCCNCCO. The summed E-state index contributed by atoms with van der Waals surface area (Å²) in [5.41, 5.74) is 1.22. The van der Waals surface area contributed by atoms with Crippen LogP contribution < -0.4 is 33.3 Å². The van der Waals surface area contributed by atoms with E-state index in [0.29, 0.717) is 50.4 Å². The second kappa shape index (κ2) is 22.2. The standard InChI is InChI=1S/2C11H16N2O2.ClH.Cr/c2*14-8-7-12-5-6-13-9-10-3-1-2-4-11(10)15;;/h2*1-4,9,12,14-15H,5-8H2;1H;/q;;;+5/p-3. The minimum absolute atomic E-state index is 0. The molecule has 0 atom stereocenters. The van der Waals surface area contributed by atoms with Crippen molar-refractivity contribution in [1.82, 2.24) is 10.6 Å². The molecule has 0 saturated heterocycles. The third-order valence-electron chi connectivity index (χ3n) is 3.71. The summed E-state index contributed by atoms with van der Waals surface area (Å²) in [6.07, 6.45) is 3.17. The first-order valence-electron chi connectivity index (χ1n) is 9.84. The molecule has 0 heterocycles. The number of aliphatic hydroxyl groups excluding tert-OH is 2. The molecule has 10 heteroatoms. The van der Waals surface area contributed by atoms with Gasteiger partial charge in [0.1, 0.15) is 0 Å². The van der Waals surface area contributed by atoms with Crippen LogP contribution in [-0.2, 0) is 17.4 Å². The van der Waals surface area contributed by atoms with Gasteiger partial charge in [-0.2, -0.15) is 0 Å². The molecule has 0 amide bonds. The predicted octanol–water partition coefficient (Wildman–Crippen LogP) is -3.48. The maximum Gasteiger partial charge on any atom is 5.00 e. The zero-order chi connectivity index (χ0) is 21.9. The summed E-state index contributed by atoms with van der Waals surface area (Å²) in [6, 6.07) is 13.6. The van der Waals surface area contributed by atoms with E-state index in [0.717, 1.165) is 0 Å². The van der Waals surface area contributed by atoms with Crippen LogP contribution in [-0.4, -0.2) is 75.1 Å². The van der Waals surface area contributed by atoms with Crippen molar-refractivity contribution in [2.75, 3.05) is 52.5 Å². The number of para-hydroxylation sites is 2. The second-order valence-electron chi connectivity index (χ2n) is 6.09. The molecular weight excluding hydrogens is 472 g/mol. The fourth-order valence-corrected chi connectivity index (χ4v) is 2.20. The Morgan fingerprint density at radius 3 is 1.41 bits per heavy atom. The van der Waals surface area contributed by atoms with Gasteiger partial charge >= 0.3 is 17.4 Å². The van der Waals surface area contributed by atoms with Gasteiger partial charge in [-0.1, -0.05) is 48.5 Å². The molecule has 173 valence electrons. The molecule has 0 bridgehead atoms. The Kier molecular flexibility index (Phi) is 22.4. The van der Waals surface area contributed by atoms with Crippen molar-refractivity contribution in [3.05, 3.63) is 59.7 Å². The van der Waals surface area contributed by atoms with Crippen molar-refractivity contribution in [3.8, 4) is 11.5 Å². The maximum atomic E-state index is 11.2. The molecule has 0 aromatic heterocycles. The van der Waals surface area contributed by atoms with Gasteiger partial charge < -0.3 is 43.5 Å². The van der Waals surface area contributed by atoms with Crippen molar-refractivity contribution in [2.24, 2.45) is 9.98 Å². The molecule has 0 aliphatic rings. The summed E-state index contributed by atoms with van der Waals surface area (Å²) in [5.74, 6) is -0.0193. The summed E-state index contributed by atoms with van der Waals surface area (Å²) in [5, 5.41) is 45.5. The number of benzene rings is 2. The third kappa shape index (κ3) is 15.8. The molecule has 0 unspecified atom stereocenters. The summed E-state index contributed by atoms with van der Waals surface area (Å²) in [6.45, 7) is 4.04. The second-order valence-corrected chi connectivity index (χ2v) is 6.09. The third-order valence-corrected chi connectivity index (χ3v) is 3.71. The molecule has 32 heavy (non-hydrogen) atoms. The van der Waals surface area contributed by atoms with Crippen molar-refractivity contribution in [3.63, 3.8) is 0 Å². The minimum atomic E-state index is -0.00966. The van der Waals surface area contributed by atoms with Crippen LogP contribution in [0.3, 0.4) is 0 Å². The number of nitrogens with one attached hydrogen (secondary N) is 2. The van der Waals surface area contributed by atoms with Gasteiger partial charge in [-0.25, -0.2) is 0 Å². The van der Waals surface area contributed by atoms with Crippen LogP contribution in [0.25, 0.3) is 0 Å². The Morgan fingerprint density at radius 2 is 1.06 bits per heavy atom. The van der Waals surface area contributed by atoms with E-state index in [1.54, 1.807) is 36.7 Å². The van der Waals surface area contributed by atoms with Crippen LogP contribution in [0.5, 0.6) is 11.5 Å². The van der Waals surface area contributed by atoms with Crippen molar-refractivity contribution < 1.29 is 50.2 Å². The van der Waals surface area contributed by atoms with Crippen molar-refractivity contribution >= 4 is 12.4 Å². The van der Waals surface area contributed by atoms with E-state index < -0.39 is 0 Å². The van der Waals surface area contributed by atoms with E-state index >= 15 is 0 Å². The van der Waals surface area contributed by atoms with E-state index in [1.807, 2.05) is 12.1 Å². The van der Waals surface area contributed by atoms with Crippen LogP contribution in [0.4, 0.5) is 0 Å². The molecule has 4 N–H and O–H groups in total. The molecule has 0 saturated carbocycles. The Bertz CT molecular complexity index is 703. The maximum absolute atomic E-state index is 11.2. The van der Waals surface area contributed by atoms with Gasteiger partial charge in [-0.15, -0.1) is 11.5 Å². The Morgan fingerprint density at radius 1 is 0.688 bits per heavy atom. The van der Waals surface area contributed by atoms with Gasteiger partial charge in [0.2, 0.25) is 0 Å². The molecular formula is C22H30ClCrN4O4+2. The van der Waals surface area contributed by atoms with Crippen LogP contribution in [0.1, 0.15) is 11.1 Å². The number of aliphatic hydroxyl groups is 2. The summed E-state index contributed by atoms with van der Waals surface area (Å²) in [4.78, 5) is 8.21. The van der Waals surface area contributed by atoms with Gasteiger partial charge in [-0.05, 0) is 11.1 Å². The zero-order valence-electron chi connectivity index (χ0n) is 17.8. The molecule has 0 fully saturated rings. The summed E-state index contributed by atoms with van der Waals surface area (Å²) >= 11 is 0. The van der Waals surface area contributed by atoms with E-state index in [4.69, 9.17) is 10.2 Å². The average molecular weight is 502 g/mol. The quantitative estimate of drug-likeness (QED) is 0.176. The summed E-state index contributed by atoms with van der Waals surface area (Å²) < 4.78 is 0. The Hall–Kier alpha value is -1.96. The van der Waals surface area contributed by atoms with E-state index in [2.05, 4.69) is 20.6 Å². The Labute approximate surface area is 206 Å². The number of rotatable bonds is 12. The van der Waals surface area contributed by atoms with Gasteiger partial charge in [0, 0.05) is 38.6 Å². The normalized spacial score (nSPS) is 10.3. The fourth-order valence-electron chi connectivity index (χ4n) is 2.20. The van der Waals surface area contributed by atoms with Crippen molar-refractivity contribution in [1.29, 1.82) is 0 Å². The first-order chi connectivity index (χ1) is 14.7. The molecule has 0 aliphatic carbocycles. The number of halogens is 1. The first-order valence-corrected chi connectivity index (χ1v) is 9.84. The number of nitrogens with zero attached hydrogens (tertiary/aromatic N) is 2. The van der Waals surface area contributed by atoms with Crippen LogP contribution in [0, 0.1) is 0 Å². The van der Waals surface area contributed by atoms with Crippen LogP contribution in [0.15, 0.2) is 58.5 Å². The monoisotopic (exact) mass is 501 g/mol. The topological polar surface area (TPSA) is 135 Å². The van der Waals surface area contributed by atoms with Crippen LogP contribution in [0.2, 0.25) is 0 Å². The molecule has 2 rings (SSSR count). The minimum Gasteiger partial charge on any atom is -1.00 e. The van der Waals surface area contributed by atoms with Gasteiger partial charge in [0.25, 0.3) is 0 Å². The molecule has 1 radical (unpaired) electrons. The smallest absolute Gasteiger partial charge is 1.00 e. The molecule has 2 aromatic carbocycles. The van der Waals surface area contributed by atoms with Gasteiger partial charge in [-0.3, -0.25) is 9.98 Å². The van der Waals surface area contributed by atoms with E-state index in [9.17, 15) is 10.2 Å². The fraction of sp³-hybridized carbons (Fsp3) is 0.364. The number of hydrogen-bond donors (Lipinski definition) is 4. The molecule has 0 aliphatic heterocycles. The number of aliphatic imine (C=N–C) groups is 2. The molecule has 0 spiro atoms. The predicted molar refractivity (Wildman–Crippen MR) is 117 cm³/mol. The average Bonchev–Trinajstić information content (AvgIpc) is 2.76. The van der Waals surface area contributed by atoms with Gasteiger partial charge in [0.15, 0.2) is 0 Å². The summed E-state index contributed by atoms with van der Waals surface area (Å²) in [7, 11) is 0.